The molecule has 2 saturated heterocycles. The Hall–Kier alpha value is -1.54. The van der Waals surface area contributed by atoms with Gasteiger partial charge in [0.1, 0.15) is 17.8 Å². The maximum absolute atomic E-state index is 14.9. The van der Waals surface area contributed by atoms with Crippen molar-refractivity contribution in [2.75, 3.05) is 0 Å². The van der Waals surface area contributed by atoms with Gasteiger partial charge in [0.15, 0.2) is 12.0 Å². The molecule has 0 spiro atoms. The summed E-state index contributed by atoms with van der Waals surface area (Å²) in [6.07, 6.45) is 2.43. The average molecular weight is 423 g/mol. The van der Waals surface area contributed by atoms with Gasteiger partial charge in [0, 0.05) is 12.1 Å². The number of nitrogens with zero attached hydrogens (tertiary/aromatic N) is 1. The van der Waals surface area contributed by atoms with Crippen LogP contribution < -0.4 is 0 Å². The van der Waals surface area contributed by atoms with Crippen LogP contribution in [0.25, 0.3) is 0 Å². The molecule has 3 aliphatic carbocycles. The van der Waals surface area contributed by atoms with Crippen LogP contribution in [-0.4, -0.2) is 70.6 Å². The second-order valence-corrected chi connectivity index (χ2v) is 9.96. The Morgan fingerprint density at radius 2 is 1.83 bits per heavy atom. The fourth-order valence-electron chi connectivity index (χ4n) is 7.33. The molecular formula is C22H27F2NO5. The van der Waals surface area contributed by atoms with Gasteiger partial charge in [-0.2, -0.15) is 0 Å². The highest BCUT2D eigenvalue weighted by molar-refractivity contribution is 6.18. The summed E-state index contributed by atoms with van der Waals surface area (Å²) in [4.78, 5) is 26.3. The Labute approximate surface area is 173 Å². The summed E-state index contributed by atoms with van der Waals surface area (Å²) in [5.74, 6) is -1.97. The van der Waals surface area contributed by atoms with E-state index in [1.54, 1.807) is 0 Å². The SMILES string of the molecule is O=C(O)C1=CN2C3CC4OC5CCCCC5C4CC3OC3C(F)C(F)CC(C1=O)C32. The lowest BCUT2D eigenvalue weighted by molar-refractivity contribution is -0.220. The Morgan fingerprint density at radius 1 is 1.03 bits per heavy atom. The third-order valence-corrected chi connectivity index (χ3v) is 8.60. The lowest BCUT2D eigenvalue weighted by Crippen LogP contribution is -2.71. The third-order valence-electron chi connectivity index (χ3n) is 8.60. The first-order valence-corrected chi connectivity index (χ1v) is 11.3. The summed E-state index contributed by atoms with van der Waals surface area (Å²) in [5.41, 5.74) is -0.330. The summed E-state index contributed by atoms with van der Waals surface area (Å²) in [5, 5.41) is 9.56. The van der Waals surface area contributed by atoms with Gasteiger partial charge in [0.2, 0.25) is 0 Å². The molecule has 0 radical (unpaired) electrons. The number of carbonyl (C=O) groups is 2. The van der Waals surface area contributed by atoms with Gasteiger partial charge in [0.05, 0.1) is 30.4 Å². The maximum atomic E-state index is 14.9. The highest BCUT2D eigenvalue weighted by Gasteiger charge is 2.61. The van der Waals surface area contributed by atoms with Crippen LogP contribution in [0, 0.1) is 17.8 Å². The standard InChI is InChI=1S/C22H27F2NO5/c23-13-5-11-19-21(18(13)24)30-17-6-10-9-3-1-2-4-15(9)29-16(10)7-14(17)25(19)8-12(20(11)26)22(27)28/h8-11,13-19,21H,1-7H2,(H,27,28). The molecule has 0 bridgehead atoms. The van der Waals surface area contributed by atoms with Gasteiger partial charge in [-0.3, -0.25) is 4.79 Å². The molecule has 0 aromatic heterocycles. The Morgan fingerprint density at radius 3 is 2.63 bits per heavy atom. The predicted molar refractivity (Wildman–Crippen MR) is 100 cm³/mol. The van der Waals surface area contributed by atoms with Crippen LogP contribution >= 0.6 is 0 Å². The lowest BCUT2D eigenvalue weighted by atomic mass is 9.67. The zero-order valence-corrected chi connectivity index (χ0v) is 16.7. The molecule has 0 aromatic carbocycles. The number of rotatable bonds is 1. The number of ketones is 1. The number of fused-ring (bicyclic) bond motifs is 5. The van der Waals surface area contributed by atoms with E-state index in [2.05, 4.69) is 0 Å². The smallest absolute Gasteiger partial charge is 0.340 e. The van der Waals surface area contributed by atoms with Crippen molar-refractivity contribution in [3.05, 3.63) is 11.8 Å². The number of Topliss-reactive ketones (excluding diaryl/α,β-unsaturated/α-hetero) is 1. The molecule has 164 valence electrons. The summed E-state index contributed by atoms with van der Waals surface area (Å²) >= 11 is 0. The van der Waals surface area contributed by atoms with Gasteiger partial charge < -0.3 is 19.5 Å². The van der Waals surface area contributed by atoms with Gasteiger partial charge in [-0.1, -0.05) is 12.8 Å². The van der Waals surface area contributed by atoms with Crippen LogP contribution in [-0.2, 0) is 19.1 Å². The summed E-state index contributed by atoms with van der Waals surface area (Å²) in [7, 11) is 0. The summed E-state index contributed by atoms with van der Waals surface area (Å²) in [6.45, 7) is 0. The van der Waals surface area contributed by atoms with Crippen LogP contribution in [0.15, 0.2) is 11.8 Å². The number of ether oxygens (including phenoxy) is 2. The van der Waals surface area contributed by atoms with Crippen LogP contribution in [0.2, 0.25) is 0 Å². The van der Waals surface area contributed by atoms with Crippen molar-refractivity contribution < 1.29 is 33.0 Å². The molecule has 11 unspecified atom stereocenters. The van der Waals surface area contributed by atoms with E-state index in [1.807, 2.05) is 4.90 Å². The second-order valence-electron chi connectivity index (χ2n) is 9.96. The average Bonchev–Trinajstić information content (AvgIpc) is 3.09. The van der Waals surface area contributed by atoms with E-state index in [1.165, 1.54) is 19.0 Å². The van der Waals surface area contributed by atoms with Gasteiger partial charge >= 0.3 is 5.97 Å². The van der Waals surface area contributed by atoms with Crippen molar-refractivity contribution in [3.8, 4) is 0 Å². The molecule has 30 heavy (non-hydrogen) atoms. The Balaban J connectivity index is 1.37. The number of halogens is 2. The third kappa shape index (κ3) is 2.58. The topological polar surface area (TPSA) is 76.1 Å². The molecule has 0 aromatic rings. The van der Waals surface area contributed by atoms with Crippen LogP contribution in [0.5, 0.6) is 0 Å². The van der Waals surface area contributed by atoms with E-state index in [4.69, 9.17) is 9.47 Å². The van der Waals surface area contributed by atoms with Crippen LogP contribution in [0.1, 0.15) is 44.9 Å². The highest BCUT2D eigenvalue weighted by atomic mass is 19.2. The highest BCUT2D eigenvalue weighted by Crippen LogP contribution is 2.52. The molecule has 6 rings (SSSR count). The van der Waals surface area contributed by atoms with Crippen molar-refractivity contribution in [1.82, 2.24) is 4.90 Å². The van der Waals surface area contributed by atoms with Crippen molar-refractivity contribution in [2.24, 2.45) is 17.8 Å². The van der Waals surface area contributed by atoms with E-state index in [0.29, 0.717) is 18.3 Å². The second kappa shape index (κ2) is 6.73. The number of carboxylic acids is 1. The van der Waals surface area contributed by atoms with E-state index in [0.717, 1.165) is 19.3 Å². The molecule has 0 amide bonds. The Kier molecular flexibility index (Phi) is 4.30. The minimum atomic E-state index is -1.82. The first-order chi connectivity index (χ1) is 14.4. The molecule has 6 aliphatic rings. The minimum Gasteiger partial charge on any atom is -0.478 e. The largest absolute Gasteiger partial charge is 0.478 e. The molecule has 3 aliphatic heterocycles. The number of carboxylic acid groups (broad SMARTS) is 1. The van der Waals surface area contributed by atoms with Gasteiger partial charge in [-0.05, 0) is 43.9 Å². The van der Waals surface area contributed by atoms with Crippen LogP contribution in [0.4, 0.5) is 8.78 Å². The fourth-order valence-corrected chi connectivity index (χ4v) is 7.33. The quantitative estimate of drug-likeness (QED) is 0.653. The molecule has 11 atom stereocenters. The van der Waals surface area contributed by atoms with Crippen molar-refractivity contribution in [1.29, 1.82) is 0 Å². The first kappa shape index (κ1) is 19.2. The molecule has 5 fully saturated rings. The predicted octanol–water partition coefficient (Wildman–Crippen LogP) is 2.41. The molecular weight excluding hydrogens is 396 g/mol. The number of hydrogen-bond acceptors (Lipinski definition) is 5. The van der Waals surface area contributed by atoms with E-state index in [-0.39, 0.29) is 36.3 Å². The molecule has 3 saturated carbocycles. The monoisotopic (exact) mass is 423 g/mol. The number of carbonyl (C=O) groups excluding carboxylic acids is 1. The normalized spacial score (nSPS) is 51.9. The van der Waals surface area contributed by atoms with Gasteiger partial charge in [-0.15, -0.1) is 0 Å². The van der Waals surface area contributed by atoms with E-state index >= 15 is 0 Å². The van der Waals surface area contributed by atoms with Gasteiger partial charge in [-0.25, -0.2) is 13.6 Å². The summed E-state index contributed by atoms with van der Waals surface area (Å²) < 4.78 is 42.0. The van der Waals surface area contributed by atoms with E-state index < -0.39 is 42.2 Å². The van der Waals surface area contributed by atoms with Crippen LogP contribution in [0.3, 0.4) is 0 Å². The number of aliphatic carboxylic acids is 1. The number of alkyl halides is 2. The van der Waals surface area contributed by atoms with Crippen molar-refractivity contribution in [3.63, 3.8) is 0 Å². The minimum absolute atomic E-state index is 0.0796. The number of morpholine rings is 1. The van der Waals surface area contributed by atoms with E-state index in [9.17, 15) is 23.5 Å². The zero-order chi connectivity index (χ0) is 20.7. The fraction of sp³-hybridized carbons (Fsp3) is 0.818. The molecule has 6 nitrogen and oxygen atoms in total. The maximum Gasteiger partial charge on any atom is 0.340 e. The number of hydrogen-bond donors (Lipinski definition) is 1. The van der Waals surface area contributed by atoms with Crippen molar-refractivity contribution in [2.45, 2.75) is 93.8 Å². The van der Waals surface area contributed by atoms with Gasteiger partial charge in [0.25, 0.3) is 0 Å². The Bertz CT molecular complexity index is 804. The first-order valence-electron chi connectivity index (χ1n) is 11.3. The van der Waals surface area contributed by atoms with Crippen molar-refractivity contribution >= 4 is 11.8 Å². The molecule has 8 heteroatoms. The summed E-state index contributed by atoms with van der Waals surface area (Å²) in [6, 6.07) is -0.829. The lowest BCUT2D eigenvalue weighted by Gasteiger charge is -2.58. The zero-order valence-electron chi connectivity index (χ0n) is 16.7. The molecule has 3 heterocycles. The molecule has 1 N–H and O–H groups in total.